The number of halogens is 1. The van der Waals surface area contributed by atoms with Gasteiger partial charge in [-0.15, -0.1) is 0 Å². The summed E-state index contributed by atoms with van der Waals surface area (Å²) >= 11 is 0. The van der Waals surface area contributed by atoms with Gasteiger partial charge in [0.2, 0.25) is 11.8 Å². The summed E-state index contributed by atoms with van der Waals surface area (Å²) < 4.78 is 13.4. The number of carbonyl (C=O) groups excluding carboxylic acids is 2. The smallest absolute Gasteiger partial charge is 0.228 e. The van der Waals surface area contributed by atoms with E-state index in [0.29, 0.717) is 30.9 Å². The summed E-state index contributed by atoms with van der Waals surface area (Å²) in [4.78, 5) is 28.5. The van der Waals surface area contributed by atoms with E-state index in [2.05, 4.69) is 0 Å². The number of likely N-dealkylation sites (tertiary alicyclic amines) is 1. The highest BCUT2D eigenvalue weighted by Crippen LogP contribution is 2.29. The number of aryl methyl sites for hydroxylation is 1. The summed E-state index contributed by atoms with van der Waals surface area (Å²) in [6, 6.07) is 4.58. The highest BCUT2D eigenvalue weighted by atomic mass is 19.1. The molecule has 0 saturated carbocycles. The minimum Gasteiger partial charge on any atom is -0.393 e. The summed E-state index contributed by atoms with van der Waals surface area (Å²) in [6.45, 7) is 4.99. The highest BCUT2D eigenvalue weighted by molar-refractivity contribution is 6.00. The van der Waals surface area contributed by atoms with Gasteiger partial charge in [-0.05, 0) is 50.5 Å². The Labute approximate surface area is 147 Å². The maximum atomic E-state index is 13.4. The molecule has 0 bridgehead atoms. The van der Waals surface area contributed by atoms with Crippen LogP contribution in [0.15, 0.2) is 18.2 Å². The molecular weight excluding hydrogens is 323 g/mol. The van der Waals surface area contributed by atoms with Gasteiger partial charge in [0.25, 0.3) is 0 Å². The molecule has 2 aliphatic heterocycles. The molecule has 0 radical (unpaired) electrons. The van der Waals surface area contributed by atoms with Crippen molar-refractivity contribution >= 4 is 17.5 Å². The Hall–Kier alpha value is -1.95. The minimum atomic E-state index is -0.431. The van der Waals surface area contributed by atoms with Gasteiger partial charge < -0.3 is 14.9 Å². The summed E-state index contributed by atoms with van der Waals surface area (Å²) in [5, 5.41) is 9.79. The van der Waals surface area contributed by atoms with Crippen LogP contribution in [0.2, 0.25) is 0 Å². The van der Waals surface area contributed by atoms with E-state index >= 15 is 0 Å². The zero-order valence-corrected chi connectivity index (χ0v) is 14.7. The third-order valence-electron chi connectivity index (χ3n) is 5.38. The van der Waals surface area contributed by atoms with Gasteiger partial charge in [0.05, 0.1) is 12.0 Å². The largest absolute Gasteiger partial charge is 0.393 e. The number of anilines is 1. The van der Waals surface area contributed by atoms with Crippen molar-refractivity contribution in [2.24, 2.45) is 11.8 Å². The molecule has 3 unspecified atom stereocenters. The van der Waals surface area contributed by atoms with Gasteiger partial charge in [-0.1, -0.05) is 0 Å². The lowest BCUT2D eigenvalue weighted by Crippen LogP contribution is -2.45. The number of piperidine rings is 1. The number of amides is 2. The Morgan fingerprint density at radius 2 is 2.12 bits per heavy atom. The maximum Gasteiger partial charge on any atom is 0.228 e. The van der Waals surface area contributed by atoms with Crippen molar-refractivity contribution in [3.05, 3.63) is 29.6 Å². The highest BCUT2D eigenvalue weighted by Gasteiger charge is 2.38. The Bertz CT molecular complexity index is 677. The predicted octanol–water partition coefficient (Wildman–Crippen LogP) is 2.11. The fraction of sp³-hybridized carbons (Fsp3) is 0.579. The zero-order chi connectivity index (χ0) is 18.1. The summed E-state index contributed by atoms with van der Waals surface area (Å²) in [5.41, 5.74) is 1.12. The van der Waals surface area contributed by atoms with Crippen molar-refractivity contribution in [1.29, 1.82) is 0 Å². The van der Waals surface area contributed by atoms with E-state index in [9.17, 15) is 19.1 Å². The Morgan fingerprint density at radius 1 is 1.36 bits per heavy atom. The molecule has 2 saturated heterocycles. The monoisotopic (exact) mass is 348 g/mol. The molecule has 1 N–H and O–H groups in total. The first-order valence-electron chi connectivity index (χ1n) is 8.90. The van der Waals surface area contributed by atoms with Crippen molar-refractivity contribution in [1.82, 2.24) is 4.90 Å². The number of benzene rings is 1. The van der Waals surface area contributed by atoms with E-state index in [-0.39, 0.29) is 35.9 Å². The Kier molecular flexibility index (Phi) is 5.08. The van der Waals surface area contributed by atoms with Gasteiger partial charge in [0.15, 0.2) is 0 Å². The molecule has 3 atom stereocenters. The molecule has 6 heteroatoms. The van der Waals surface area contributed by atoms with Crippen molar-refractivity contribution in [2.45, 2.75) is 39.2 Å². The topological polar surface area (TPSA) is 60.9 Å². The molecule has 1 aromatic carbocycles. The number of rotatable bonds is 3. The van der Waals surface area contributed by atoms with Crippen LogP contribution in [0, 0.1) is 24.6 Å². The molecule has 0 aliphatic carbocycles. The van der Waals surface area contributed by atoms with Crippen LogP contribution in [-0.4, -0.2) is 47.6 Å². The molecule has 2 fully saturated rings. The first-order chi connectivity index (χ1) is 11.9. The molecular formula is C19H25FN2O3. The molecule has 2 aliphatic rings. The molecule has 1 aromatic rings. The van der Waals surface area contributed by atoms with Crippen molar-refractivity contribution in [2.75, 3.05) is 24.5 Å². The van der Waals surface area contributed by atoms with Crippen LogP contribution in [0.1, 0.15) is 31.7 Å². The number of carbonyl (C=O) groups is 2. The van der Waals surface area contributed by atoms with Crippen LogP contribution < -0.4 is 4.90 Å². The second-order valence-electron chi connectivity index (χ2n) is 7.27. The zero-order valence-electron chi connectivity index (χ0n) is 14.7. The second kappa shape index (κ2) is 7.12. The fourth-order valence-electron chi connectivity index (χ4n) is 3.78. The van der Waals surface area contributed by atoms with Gasteiger partial charge in [-0.3, -0.25) is 9.59 Å². The lowest BCUT2D eigenvalue weighted by atomic mass is 9.92. The van der Waals surface area contributed by atoms with Crippen molar-refractivity contribution < 1.29 is 19.1 Å². The summed E-state index contributed by atoms with van der Waals surface area (Å²) in [7, 11) is 0. The van der Waals surface area contributed by atoms with Gasteiger partial charge in [-0.25, -0.2) is 4.39 Å². The van der Waals surface area contributed by atoms with E-state index in [1.807, 2.05) is 0 Å². The number of aliphatic hydroxyl groups is 1. The second-order valence-corrected chi connectivity index (χ2v) is 7.27. The average molecular weight is 348 g/mol. The fourth-order valence-corrected chi connectivity index (χ4v) is 3.78. The third-order valence-corrected chi connectivity index (χ3v) is 5.38. The standard InChI is InChI=1S/C19H25FN2O3/c1-12-8-16(5-6-17(12)20)22-11-15(9-18(22)24)19(25)21-7-3-4-14(10-21)13(2)23/h5-6,8,13-15,23H,3-4,7,9-11H2,1-2H3. The van der Waals surface area contributed by atoms with Crippen LogP contribution >= 0.6 is 0 Å². The van der Waals surface area contributed by atoms with Crippen LogP contribution in [0.5, 0.6) is 0 Å². The van der Waals surface area contributed by atoms with Gasteiger partial charge >= 0.3 is 0 Å². The van der Waals surface area contributed by atoms with E-state index in [1.165, 1.54) is 6.07 Å². The number of nitrogens with zero attached hydrogens (tertiary/aromatic N) is 2. The normalized spacial score (nSPS) is 25.4. The molecule has 25 heavy (non-hydrogen) atoms. The quantitative estimate of drug-likeness (QED) is 0.910. The average Bonchev–Trinajstić information content (AvgIpc) is 2.98. The minimum absolute atomic E-state index is 0.0139. The first-order valence-corrected chi connectivity index (χ1v) is 8.90. The maximum absolute atomic E-state index is 13.4. The lowest BCUT2D eigenvalue weighted by molar-refractivity contribution is -0.138. The van der Waals surface area contributed by atoms with Gasteiger partial charge in [0, 0.05) is 37.7 Å². The van der Waals surface area contributed by atoms with Crippen molar-refractivity contribution in [3.63, 3.8) is 0 Å². The molecule has 136 valence electrons. The molecule has 2 heterocycles. The molecule has 3 rings (SSSR count). The van der Waals surface area contributed by atoms with E-state index < -0.39 is 6.10 Å². The van der Waals surface area contributed by atoms with Gasteiger partial charge in [-0.2, -0.15) is 0 Å². The Morgan fingerprint density at radius 3 is 2.80 bits per heavy atom. The van der Waals surface area contributed by atoms with Crippen LogP contribution in [0.25, 0.3) is 0 Å². The summed E-state index contributed by atoms with van der Waals surface area (Å²) in [5.74, 6) is -0.690. The Balaban J connectivity index is 1.69. The van der Waals surface area contributed by atoms with Crippen LogP contribution in [0.3, 0.4) is 0 Å². The van der Waals surface area contributed by atoms with E-state index in [4.69, 9.17) is 0 Å². The van der Waals surface area contributed by atoms with E-state index in [0.717, 1.165) is 12.8 Å². The molecule has 2 amide bonds. The summed E-state index contributed by atoms with van der Waals surface area (Å²) in [6.07, 6.45) is 1.56. The first kappa shape index (κ1) is 17.9. The third kappa shape index (κ3) is 3.68. The molecule has 5 nitrogen and oxygen atoms in total. The molecule has 0 spiro atoms. The number of hydrogen-bond acceptors (Lipinski definition) is 3. The van der Waals surface area contributed by atoms with Crippen LogP contribution in [0.4, 0.5) is 10.1 Å². The van der Waals surface area contributed by atoms with E-state index in [1.54, 1.807) is 35.8 Å². The SMILES string of the molecule is Cc1cc(N2CC(C(=O)N3CCCC(C(C)O)C3)CC2=O)ccc1F. The number of hydrogen-bond donors (Lipinski definition) is 1. The predicted molar refractivity (Wildman–Crippen MR) is 92.6 cm³/mol. The van der Waals surface area contributed by atoms with Gasteiger partial charge in [0.1, 0.15) is 5.82 Å². The van der Waals surface area contributed by atoms with Crippen LogP contribution in [-0.2, 0) is 9.59 Å². The number of aliphatic hydroxyl groups excluding tert-OH is 1. The lowest BCUT2D eigenvalue weighted by Gasteiger charge is -2.35. The molecule has 0 aromatic heterocycles. The van der Waals surface area contributed by atoms with Crippen molar-refractivity contribution in [3.8, 4) is 0 Å².